The number of thiazole rings is 1. The Morgan fingerprint density at radius 1 is 1.50 bits per heavy atom. The Kier molecular flexibility index (Phi) is 2.42. The highest BCUT2D eigenvalue weighted by Gasteiger charge is 2.27. The molecule has 1 fully saturated rings. The third-order valence-corrected chi connectivity index (χ3v) is 4.18. The number of nitrogens with two attached hydrogens (primary N) is 1. The quantitative estimate of drug-likeness (QED) is 0.855. The van der Waals surface area contributed by atoms with Crippen LogP contribution in [0, 0.1) is 0 Å². The normalized spacial score (nSPS) is 17.9. The standard InChI is InChI=1S/C12H14N2OS/c13-9(6-15)8-3-4-11-10(5-8)14-12(16-11)7-1-2-7/h3-5,7,9,15H,1-2,6,13H2. The fraction of sp³-hybridized carbons (Fsp3) is 0.417. The largest absolute Gasteiger partial charge is 0.394 e. The molecule has 1 saturated carbocycles. The van der Waals surface area contributed by atoms with Crippen molar-refractivity contribution in [1.82, 2.24) is 4.98 Å². The van der Waals surface area contributed by atoms with E-state index in [1.54, 1.807) is 11.3 Å². The van der Waals surface area contributed by atoms with Crippen LogP contribution in [0.4, 0.5) is 0 Å². The third kappa shape index (κ3) is 1.73. The van der Waals surface area contributed by atoms with Gasteiger partial charge in [0.25, 0.3) is 0 Å². The van der Waals surface area contributed by atoms with Crippen molar-refractivity contribution in [3.05, 3.63) is 28.8 Å². The van der Waals surface area contributed by atoms with E-state index in [1.165, 1.54) is 22.5 Å². The van der Waals surface area contributed by atoms with Crippen molar-refractivity contribution in [3.63, 3.8) is 0 Å². The van der Waals surface area contributed by atoms with Gasteiger partial charge in [-0.15, -0.1) is 11.3 Å². The summed E-state index contributed by atoms with van der Waals surface area (Å²) in [5.41, 5.74) is 7.77. The van der Waals surface area contributed by atoms with Gasteiger partial charge in [-0.25, -0.2) is 4.98 Å². The molecule has 1 heterocycles. The summed E-state index contributed by atoms with van der Waals surface area (Å²) in [6.07, 6.45) is 2.56. The summed E-state index contributed by atoms with van der Waals surface area (Å²) in [5, 5.41) is 10.3. The van der Waals surface area contributed by atoms with Gasteiger partial charge in [0.2, 0.25) is 0 Å². The molecule has 84 valence electrons. The van der Waals surface area contributed by atoms with Crippen LogP contribution in [0.2, 0.25) is 0 Å². The molecule has 0 radical (unpaired) electrons. The van der Waals surface area contributed by atoms with Gasteiger partial charge in [-0.3, -0.25) is 0 Å². The predicted molar refractivity (Wildman–Crippen MR) is 65.6 cm³/mol. The Hall–Kier alpha value is -0.970. The average Bonchev–Trinajstić information content (AvgIpc) is 3.07. The van der Waals surface area contributed by atoms with Crippen molar-refractivity contribution in [2.45, 2.75) is 24.8 Å². The van der Waals surface area contributed by atoms with Gasteiger partial charge in [0, 0.05) is 5.92 Å². The van der Waals surface area contributed by atoms with Crippen LogP contribution in [0.25, 0.3) is 10.2 Å². The third-order valence-electron chi connectivity index (χ3n) is 2.98. The second-order valence-corrected chi connectivity index (χ2v) is 5.40. The predicted octanol–water partition coefficient (Wildman–Crippen LogP) is 2.17. The minimum Gasteiger partial charge on any atom is -0.394 e. The molecule has 3 N–H and O–H groups in total. The molecular formula is C12H14N2OS. The molecule has 1 unspecified atom stereocenters. The summed E-state index contributed by atoms with van der Waals surface area (Å²) >= 11 is 1.78. The first-order valence-corrected chi connectivity index (χ1v) is 6.36. The molecule has 0 saturated heterocycles. The Balaban J connectivity index is 2.02. The van der Waals surface area contributed by atoms with Crippen LogP contribution in [-0.4, -0.2) is 16.7 Å². The van der Waals surface area contributed by atoms with Crippen LogP contribution in [-0.2, 0) is 0 Å². The number of aliphatic hydroxyl groups is 1. The molecular weight excluding hydrogens is 220 g/mol. The molecule has 0 spiro atoms. The van der Waals surface area contributed by atoms with Gasteiger partial charge in [0.15, 0.2) is 0 Å². The molecule has 3 rings (SSSR count). The molecule has 1 aromatic heterocycles. The van der Waals surface area contributed by atoms with Crippen molar-refractivity contribution < 1.29 is 5.11 Å². The molecule has 1 aliphatic rings. The highest BCUT2D eigenvalue weighted by Crippen LogP contribution is 2.43. The second kappa shape index (κ2) is 3.80. The molecule has 0 bridgehead atoms. The van der Waals surface area contributed by atoms with E-state index in [1.807, 2.05) is 12.1 Å². The van der Waals surface area contributed by atoms with Crippen molar-refractivity contribution >= 4 is 21.6 Å². The average molecular weight is 234 g/mol. The van der Waals surface area contributed by atoms with E-state index in [9.17, 15) is 0 Å². The van der Waals surface area contributed by atoms with Gasteiger partial charge < -0.3 is 10.8 Å². The van der Waals surface area contributed by atoms with Crippen LogP contribution >= 0.6 is 11.3 Å². The Labute approximate surface area is 97.9 Å². The van der Waals surface area contributed by atoms with E-state index in [0.29, 0.717) is 5.92 Å². The number of rotatable bonds is 3. The summed E-state index contributed by atoms with van der Waals surface area (Å²) in [7, 11) is 0. The van der Waals surface area contributed by atoms with Gasteiger partial charge in [-0.05, 0) is 30.5 Å². The van der Waals surface area contributed by atoms with E-state index in [-0.39, 0.29) is 12.6 Å². The smallest absolute Gasteiger partial charge is 0.0969 e. The first-order chi connectivity index (χ1) is 7.78. The van der Waals surface area contributed by atoms with Gasteiger partial charge in [-0.2, -0.15) is 0 Å². The number of hydrogen-bond donors (Lipinski definition) is 2. The fourth-order valence-corrected chi connectivity index (χ4v) is 2.92. The minimum atomic E-state index is -0.296. The maximum Gasteiger partial charge on any atom is 0.0969 e. The second-order valence-electron chi connectivity index (χ2n) is 4.34. The summed E-state index contributed by atoms with van der Waals surface area (Å²) in [6.45, 7) is -0.0227. The number of benzene rings is 1. The van der Waals surface area contributed by atoms with E-state index in [4.69, 9.17) is 10.8 Å². The maximum absolute atomic E-state index is 9.02. The van der Waals surface area contributed by atoms with Crippen molar-refractivity contribution in [3.8, 4) is 0 Å². The van der Waals surface area contributed by atoms with Crippen molar-refractivity contribution in [1.29, 1.82) is 0 Å². The van der Waals surface area contributed by atoms with Crippen LogP contribution in [0.1, 0.15) is 35.4 Å². The Bertz CT molecular complexity index is 519. The first kappa shape index (κ1) is 10.2. The van der Waals surface area contributed by atoms with Gasteiger partial charge in [-0.1, -0.05) is 6.07 Å². The topological polar surface area (TPSA) is 59.1 Å². The number of hydrogen-bond acceptors (Lipinski definition) is 4. The van der Waals surface area contributed by atoms with Gasteiger partial charge in [0.05, 0.1) is 27.9 Å². The monoisotopic (exact) mass is 234 g/mol. The lowest BCUT2D eigenvalue weighted by Crippen LogP contribution is -2.14. The van der Waals surface area contributed by atoms with E-state index in [2.05, 4.69) is 11.1 Å². The highest BCUT2D eigenvalue weighted by molar-refractivity contribution is 7.18. The van der Waals surface area contributed by atoms with Crippen molar-refractivity contribution in [2.75, 3.05) is 6.61 Å². The summed E-state index contributed by atoms with van der Waals surface area (Å²) < 4.78 is 1.22. The molecule has 1 atom stereocenters. The van der Waals surface area contributed by atoms with Crippen LogP contribution < -0.4 is 5.73 Å². The van der Waals surface area contributed by atoms with E-state index < -0.39 is 0 Å². The molecule has 4 heteroatoms. The Morgan fingerprint density at radius 3 is 3.00 bits per heavy atom. The molecule has 3 nitrogen and oxygen atoms in total. The molecule has 2 aromatic rings. The SMILES string of the molecule is NC(CO)c1ccc2sc(C3CC3)nc2c1. The molecule has 0 amide bonds. The number of nitrogens with zero attached hydrogens (tertiary/aromatic N) is 1. The molecule has 0 aliphatic heterocycles. The highest BCUT2D eigenvalue weighted by atomic mass is 32.1. The lowest BCUT2D eigenvalue weighted by molar-refractivity contribution is 0.268. The van der Waals surface area contributed by atoms with E-state index in [0.717, 1.165) is 11.1 Å². The summed E-state index contributed by atoms with van der Waals surface area (Å²) in [6, 6.07) is 5.75. The van der Waals surface area contributed by atoms with Crippen LogP contribution in [0.15, 0.2) is 18.2 Å². The number of aromatic nitrogens is 1. The lowest BCUT2D eigenvalue weighted by Gasteiger charge is -2.07. The molecule has 16 heavy (non-hydrogen) atoms. The number of fused-ring (bicyclic) bond motifs is 1. The summed E-state index contributed by atoms with van der Waals surface area (Å²) in [5.74, 6) is 0.701. The molecule has 1 aromatic carbocycles. The van der Waals surface area contributed by atoms with Crippen LogP contribution in [0.3, 0.4) is 0 Å². The van der Waals surface area contributed by atoms with Gasteiger partial charge in [0.1, 0.15) is 0 Å². The lowest BCUT2D eigenvalue weighted by atomic mass is 10.1. The molecule has 1 aliphatic carbocycles. The van der Waals surface area contributed by atoms with E-state index >= 15 is 0 Å². The first-order valence-electron chi connectivity index (χ1n) is 5.55. The summed E-state index contributed by atoms with van der Waals surface area (Å²) in [4.78, 5) is 4.63. The maximum atomic E-state index is 9.02. The van der Waals surface area contributed by atoms with Crippen LogP contribution in [0.5, 0.6) is 0 Å². The fourth-order valence-electron chi connectivity index (χ4n) is 1.80. The zero-order valence-electron chi connectivity index (χ0n) is 8.89. The zero-order valence-corrected chi connectivity index (χ0v) is 9.70. The zero-order chi connectivity index (χ0) is 11.1. The van der Waals surface area contributed by atoms with Crippen molar-refractivity contribution in [2.24, 2.45) is 5.73 Å². The van der Waals surface area contributed by atoms with Gasteiger partial charge >= 0.3 is 0 Å². The number of aliphatic hydroxyl groups excluding tert-OH is 1. The minimum absolute atomic E-state index is 0.0227. The Morgan fingerprint density at radius 2 is 2.31 bits per heavy atom.